The molecule has 102 valence electrons. The van der Waals surface area contributed by atoms with Crippen LogP contribution >= 0.6 is 0 Å². The maximum atomic E-state index is 13.0. The van der Waals surface area contributed by atoms with Crippen LogP contribution in [0.15, 0.2) is 24.3 Å². The van der Waals surface area contributed by atoms with Gasteiger partial charge in [0.25, 0.3) is 0 Å². The van der Waals surface area contributed by atoms with Crippen molar-refractivity contribution in [1.29, 1.82) is 0 Å². The fourth-order valence-electron chi connectivity index (χ4n) is 1.64. The average molecular weight is 274 g/mol. The van der Waals surface area contributed by atoms with E-state index in [0.29, 0.717) is 19.5 Å². The predicted octanol–water partition coefficient (Wildman–Crippen LogP) is 0.896. The van der Waals surface area contributed by atoms with Gasteiger partial charge in [-0.25, -0.2) is 17.5 Å². The van der Waals surface area contributed by atoms with Crippen molar-refractivity contribution in [3.05, 3.63) is 35.6 Å². The summed E-state index contributed by atoms with van der Waals surface area (Å²) in [6, 6.07) is 6.64. The molecule has 2 N–H and O–H groups in total. The zero-order chi connectivity index (χ0) is 13.6. The molecule has 0 bridgehead atoms. The molecule has 1 rings (SSSR count). The summed E-state index contributed by atoms with van der Waals surface area (Å²) in [4.78, 5) is 0. The lowest BCUT2D eigenvalue weighted by Crippen LogP contribution is -2.36. The molecule has 0 fully saturated rings. The molecule has 0 saturated heterocycles. The van der Waals surface area contributed by atoms with Crippen LogP contribution in [0.3, 0.4) is 0 Å². The van der Waals surface area contributed by atoms with Crippen molar-refractivity contribution in [1.82, 2.24) is 10.0 Å². The highest BCUT2D eigenvalue weighted by molar-refractivity contribution is 7.88. The molecular formula is C12H19FN2O2S. The van der Waals surface area contributed by atoms with Crippen LogP contribution in [0, 0.1) is 5.82 Å². The second-order valence-electron chi connectivity index (χ2n) is 4.36. The number of halogens is 1. The minimum atomic E-state index is -3.13. The van der Waals surface area contributed by atoms with E-state index in [-0.39, 0.29) is 11.9 Å². The molecule has 0 aliphatic carbocycles. The van der Waals surface area contributed by atoms with E-state index in [1.165, 1.54) is 12.1 Å². The van der Waals surface area contributed by atoms with E-state index in [1.807, 2.05) is 13.0 Å². The van der Waals surface area contributed by atoms with Crippen LogP contribution in [0.1, 0.15) is 12.5 Å². The largest absolute Gasteiger partial charge is 0.313 e. The van der Waals surface area contributed by atoms with Gasteiger partial charge in [-0.1, -0.05) is 12.1 Å². The first-order valence-corrected chi connectivity index (χ1v) is 7.68. The minimum absolute atomic E-state index is 0.160. The van der Waals surface area contributed by atoms with Crippen LogP contribution in [-0.2, 0) is 16.4 Å². The zero-order valence-electron chi connectivity index (χ0n) is 10.6. The Morgan fingerprint density at radius 2 is 2.06 bits per heavy atom. The molecule has 0 aromatic heterocycles. The van der Waals surface area contributed by atoms with Crippen LogP contribution in [0.2, 0.25) is 0 Å². The average Bonchev–Trinajstić information content (AvgIpc) is 2.23. The number of nitrogens with one attached hydrogen (secondary N) is 2. The lowest BCUT2D eigenvalue weighted by molar-refractivity contribution is 0.536. The summed E-state index contributed by atoms with van der Waals surface area (Å²) in [5.74, 6) is -0.238. The van der Waals surface area contributed by atoms with E-state index < -0.39 is 10.0 Å². The molecule has 1 aromatic rings. The topological polar surface area (TPSA) is 58.2 Å². The van der Waals surface area contributed by atoms with Crippen molar-refractivity contribution in [2.45, 2.75) is 19.4 Å². The normalized spacial score (nSPS) is 13.5. The molecule has 0 amide bonds. The molecule has 6 heteroatoms. The Hall–Kier alpha value is -0.980. The van der Waals surface area contributed by atoms with Crippen LogP contribution in [0.4, 0.5) is 4.39 Å². The van der Waals surface area contributed by atoms with Gasteiger partial charge in [-0.3, -0.25) is 0 Å². The van der Waals surface area contributed by atoms with Gasteiger partial charge >= 0.3 is 0 Å². The summed E-state index contributed by atoms with van der Waals surface area (Å²) in [5.41, 5.74) is 0.922. The summed E-state index contributed by atoms with van der Waals surface area (Å²) >= 11 is 0. The van der Waals surface area contributed by atoms with Crippen LogP contribution < -0.4 is 10.0 Å². The Kier molecular flexibility index (Phi) is 5.71. The molecule has 18 heavy (non-hydrogen) atoms. The molecule has 0 aliphatic heterocycles. The molecule has 1 unspecified atom stereocenters. The van der Waals surface area contributed by atoms with Gasteiger partial charge in [0, 0.05) is 19.1 Å². The van der Waals surface area contributed by atoms with Gasteiger partial charge in [0.15, 0.2) is 0 Å². The standard InChI is InChI=1S/C12H19FN2O2S/c1-10(14-6-7-15-18(2,16)17)8-11-4-3-5-12(13)9-11/h3-5,9-10,14-15H,6-8H2,1-2H3. The Morgan fingerprint density at radius 1 is 1.33 bits per heavy atom. The Balaban J connectivity index is 2.28. The lowest BCUT2D eigenvalue weighted by Gasteiger charge is -2.14. The van der Waals surface area contributed by atoms with E-state index in [9.17, 15) is 12.8 Å². The van der Waals surface area contributed by atoms with Crippen molar-refractivity contribution in [3.8, 4) is 0 Å². The fourth-order valence-corrected chi connectivity index (χ4v) is 2.12. The van der Waals surface area contributed by atoms with Gasteiger partial charge in [-0.15, -0.1) is 0 Å². The number of sulfonamides is 1. The summed E-state index contributed by atoms with van der Waals surface area (Å²) < 4.78 is 37.0. The Labute approximate surface area is 108 Å². The maximum Gasteiger partial charge on any atom is 0.208 e. The van der Waals surface area contributed by atoms with Gasteiger partial charge in [0.05, 0.1) is 6.26 Å². The molecule has 1 atom stereocenters. The molecule has 0 heterocycles. The SMILES string of the molecule is CC(Cc1cccc(F)c1)NCCNS(C)(=O)=O. The van der Waals surface area contributed by atoms with Crippen molar-refractivity contribution in [2.75, 3.05) is 19.3 Å². The van der Waals surface area contributed by atoms with Crippen molar-refractivity contribution < 1.29 is 12.8 Å². The molecule has 0 spiro atoms. The highest BCUT2D eigenvalue weighted by Crippen LogP contribution is 2.06. The first-order valence-electron chi connectivity index (χ1n) is 5.79. The van der Waals surface area contributed by atoms with E-state index in [4.69, 9.17) is 0 Å². The summed E-state index contributed by atoms with van der Waals surface area (Å²) in [6.07, 6.45) is 1.83. The minimum Gasteiger partial charge on any atom is -0.313 e. The van der Waals surface area contributed by atoms with Crippen molar-refractivity contribution >= 4 is 10.0 Å². The van der Waals surface area contributed by atoms with E-state index in [0.717, 1.165) is 11.8 Å². The summed E-state index contributed by atoms with van der Waals surface area (Å²) in [5, 5.41) is 3.17. The quantitative estimate of drug-likeness (QED) is 0.726. The molecule has 0 aliphatic rings. The Morgan fingerprint density at radius 3 is 2.67 bits per heavy atom. The monoisotopic (exact) mass is 274 g/mol. The van der Waals surface area contributed by atoms with E-state index >= 15 is 0 Å². The Bertz CT molecular complexity index is 477. The van der Waals surface area contributed by atoms with Crippen LogP contribution in [-0.4, -0.2) is 33.8 Å². The highest BCUT2D eigenvalue weighted by Gasteiger charge is 2.04. The lowest BCUT2D eigenvalue weighted by atomic mass is 10.1. The second kappa shape index (κ2) is 6.82. The molecular weight excluding hydrogens is 255 g/mol. The molecule has 0 radical (unpaired) electrons. The van der Waals surface area contributed by atoms with Crippen LogP contribution in [0.5, 0.6) is 0 Å². The van der Waals surface area contributed by atoms with E-state index in [1.54, 1.807) is 6.07 Å². The van der Waals surface area contributed by atoms with Gasteiger partial charge in [0.2, 0.25) is 10.0 Å². The number of hydrogen-bond donors (Lipinski definition) is 2. The van der Waals surface area contributed by atoms with Crippen molar-refractivity contribution in [3.63, 3.8) is 0 Å². The summed E-state index contributed by atoms with van der Waals surface area (Å²) in [7, 11) is -3.13. The summed E-state index contributed by atoms with van der Waals surface area (Å²) in [6.45, 7) is 2.88. The first kappa shape index (κ1) is 15.1. The van der Waals surface area contributed by atoms with Crippen LogP contribution in [0.25, 0.3) is 0 Å². The zero-order valence-corrected chi connectivity index (χ0v) is 11.4. The van der Waals surface area contributed by atoms with Gasteiger partial charge in [0.1, 0.15) is 5.82 Å². The number of benzene rings is 1. The highest BCUT2D eigenvalue weighted by atomic mass is 32.2. The third-order valence-electron chi connectivity index (χ3n) is 2.41. The van der Waals surface area contributed by atoms with Crippen molar-refractivity contribution in [2.24, 2.45) is 0 Å². The van der Waals surface area contributed by atoms with E-state index in [2.05, 4.69) is 10.0 Å². The predicted molar refractivity (Wildman–Crippen MR) is 70.4 cm³/mol. The smallest absolute Gasteiger partial charge is 0.208 e. The first-order chi connectivity index (χ1) is 8.37. The van der Waals surface area contributed by atoms with Gasteiger partial charge < -0.3 is 5.32 Å². The molecule has 4 nitrogen and oxygen atoms in total. The maximum absolute atomic E-state index is 13.0. The van der Waals surface area contributed by atoms with Gasteiger partial charge in [-0.05, 0) is 31.0 Å². The van der Waals surface area contributed by atoms with Gasteiger partial charge in [-0.2, -0.15) is 0 Å². The third-order valence-corrected chi connectivity index (χ3v) is 3.14. The third kappa shape index (κ3) is 6.68. The fraction of sp³-hybridized carbons (Fsp3) is 0.500. The molecule has 1 aromatic carbocycles. The number of hydrogen-bond acceptors (Lipinski definition) is 3. The number of rotatable bonds is 7. The second-order valence-corrected chi connectivity index (χ2v) is 6.19. The molecule has 0 saturated carbocycles.